The zero-order valence-corrected chi connectivity index (χ0v) is 10.6. The van der Waals surface area contributed by atoms with Crippen LogP contribution in [0.2, 0.25) is 0 Å². The molecule has 1 aliphatic rings. The molecule has 2 nitrogen and oxygen atoms in total. The van der Waals surface area contributed by atoms with Gasteiger partial charge in [-0.25, -0.2) is 8.42 Å². The van der Waals surface area contributed by atoms with E-state index in [4.69, 9.17) is 0 Å². The predicted octanol–water partition coefficient (Wildman–Crippen LogP) is 2.23. The summed E-state index contributed by atoms with van der Waals surface area (Å²) in [7, 11) is -2.72. The van der Waals surface area contributed by atoms with Gasteiger partial charge in [0.2, 0.25) is 0 Å². The van der Waals surface area contributed by atoms with Gasteiger partial charge in [0.15, 0.2) is 9.84 Å². The molecule has 2 atom stereocenters. The molecule has 2 unspecified atom stereocenters. The molecule has 0 aromatic rings. The Labute approximate surface area is 89.1 Å². The molecule has 4 heteroatoms. The SMILES string of the molecule is CCC(C)(CBr)C1CCS(=O)(=O)C1. The Hall–Kier alpha value is 0.430. The second kappa shape index (κ2) is 3.89. The molecular weight excluding hydrogens is 252 g/mol. The highest BCUT2D eigenvalue weighted by molar-refractivity contribution is 9.09. The van der Waals surface area contributed by atoms with Crippen molar-refractivity contribution in [1.82, 2.24) is 0 Å². The summed E-state index contributed by atoms with van der Waals surface area (Å²) in [5.41, 5.74) is 0.156. The molecule has 0 aromatic heterocycles. The van der Waals surface area contributed by atoms with Crippen molar-refractivity contribution in [2.24, 2.45) is 11.3 Å². The highest BCUT2D eigenvalue weighted by Crippen LogP contribution is 2.39. The fourth-order valence-corrected chi connectivity index (χ4v) is 4.68. The van der Waals surface area contributed by atoms with E-state index in [0.717, 1.165) is 18.2 Å². The molecule has 78 valence electrons. The second-order valence-corrected chi connectivity index (χ2v) is 7.03. The highest BCUT2D eigenvalue weighted by Gasteiger charge is 2.39. The normalized spacial score (nSPS) is 31.5. The number of hydrogen-bond acceptors (Lipinski definition) is 2. The maximum Gasteiger partial charge on any atom is 0.150 e. The van der Waals surface area contributed by atoms with Crippen LogP contribution in [0, 0.1) is 11.3 Å². The van der Waals surface area contributed by atoms with E-state index < -0.39 is 9.84 Å². The van der Waals surface area contributed by atoms with Crippen molar-refractivity contribution in [1.29, 1.82) is 0 Å². The third-order valence-corrected chi connectivity index (χ3v) is 6.38. The van der Waals surface area contributed by atoms with Crippen molar-refractivity contribution < 1.29 is 8.42 Å². The van der Waals surface area contributed by atoms with E-state index >= 15 is 0 Å². The molecule has 1 heterocycles. The number of halogens is 1. The van der Waals surface area contributed by atoms with Crippen molar-refractivity contribution in [3.05, 3.63) is 0 Å². The monoisotopic (exact) mass is 268 g/mol. The average molecular weight is 269 g/mol. The fourth-order valence-electron chi connectivity index (χ4n) is 1.84. The van der Waals surface area contributed by atoms with Crippen LogP contribution in [-0.2, 0) is 9.84 Å². The zero-order valence-electron chi connectivity index (χ0n) is 8.22. The van der Waals surface area contributed by atoms with Crippen LogP contribution in [0.1, 0.15) is 26.7 Å². The topological polar surface area (TPSA) is 34.1 Å². The molecule has 0 N–H and O–H groups in total. The van der Waals surface area contributed by atoms with E-state index in [1.54, 1.807) is 0 Å². The summed E-state index contributed by atoms with van der Waals surface area (Å²) in [6.07, 6.45) is 1.89. The van der Waals surface area contributed by atoms with Crippen LogP contribution >= 0.6 is 15.9 Å². The van der Waals surface area contributed by atoms with Crippen LogP contribution in [-0.4, -0.2) is 25.3 Å². The molecular formula is C9H17BrO2S. The Morgan fingerprint density at radius 3 is 2.46 bits per heavy atom. The molecule has 1 aliphatic heterocycles. The first kappa shape index (κ1) is 11.5. The van der Waals surface area contributed by atoms with Gasteiger partial charge in [-0.3, -0.25) is 0 Å². The van der Waals surface area contributed by atoms with Crippen LogP contribution in [0.5, 0.6) is 0 Å². The van der Waals surface area contributed by atoms with E-state index in [9.17, 15) is 8.42 Å². The minimum atomic E-state index is -2.72. The summed E-state index contributed by atoms with van der Waals surface area (Å²) >= 11 is 3.48. The first-order valence-electron chi connectivity index (χ1n) is 4.70. The molecule has 0 radical (unpaired) electrons. The Bertz CT molecular complexity index is 267. The summed E-state index contributed by atoms with van der Waals surface area (Å²) in [6.45, 7) is 4.31. The van der Waals surface area contributed by atoms with E-state index in [-0.39, 0.29) is 5.41 Å². The summed E-state index contributed by atoms with van der Waals surface area (Å²) < 4.78 is 22.6. The summed E-state index contributed by atoms with van der Waals surface area (Å²) in [6, 6.07) is 0. The van der Waals surface area contributed by atoms with Gasteiger partial charge in [-0.15, -0.1) is 0 Å². The van der Waals surface area contributed by atoms with Crippen molar-refractivity contribution in [3.63, 3.8) is 0 Å². The minimum Gasteiger partial charge on any atom is -0.229 e. The lowest BCUT2D eigenvalue weighted by Gasteiger charge is -2.31. The lowest BCUT2D eigenvalue weighted by atomic mass is 9.76. The molecule has 13 heavy (non-hydrogen) atoms. The maximum absolute atomic E-state index is 11.3. The van der Waals surface area contributed by atoms with Gasteiger partial charge in [0, 0.05) is 5.33 Å². The lowest BCUT2D eigenvalue weighted by molar-refractivity contribution is 0.236. The number of alkyl halides is 1. The second-order valence-electron chi connectivity index (χ2n) is 4.24. The molecule has 0 bridgehead atoms. The van der Waals surface area contributed by atoms with Crippen molar-refractivity contribution in [2.45, 2.75) is 26.7 Å². The molecule has 0 spiro atoms. The average Bonchev–Trinajstić information content (AvgIpc) is 2.45. The maximum atomic E-state index is 11.3. The number of sulfone groups is 1. The van der Waals surface area contributed by atoms with E-state index in [2.05, 4.69) is 29.8 Å². The first-order valence-corrected chi connectivity index (χ1v) is 7.64. The highest BCUT2D eigenvalue weighted by atomic mass is 79.9. The minimum absolute atomic E-state index is 0.156. The predicted molar refractivity (Wildman–Crippen MR) is 59.0 cm³/mol. The smallest absolute Gasteiger partial charge is 0.150 e. The van der Waals surface area contributed by atoms with Gasteiger partial charge in [-0.05, 0) is 24.2 Å². The molecule has 0 amide bonds. The third-order valence-electron chi connectivity index (χ3n) is 3.33. The third kappa shape index (κ3) is 2.46. The van der Waals surface area contributed by atoms with Crippen molar-refractivity contribution in [3.8, 4) is 0 Å². The van der Waals surface area contributed by atoms with Gasteiger partial charge >= 0.3 is 0 Å². The van der Waals surface area contributed by atoms with E-state index in [1.165, 1.54) is 0 Å². The lowest BCUT2D eigenvalue weighted by Crippen LogP contribution is -2.29. The number of rotatable bonds is 3. The fraction of sp³-hybridized carbons (Fsp3) is 1.00. The van der Waals surface area contributed by atoms with Crippen molar-refractivity contribution >= 4 is 25.8 Å². The standard InChI is InChI=1S/C9H17BrO2S/c1-3-9(2,7-10)8-4-5-13(11,12)6-8/h8H,3-7H2,1-2H3. The van der Waals surface area contributed by atoms with E-state index in [0.29, 0.717) is 17.4 Å². The zero-order chi connectivity index (χ0) is 10.1. The van der Waals surface area contributed by atoms with Gasteiger partial charge < -0.3 is 0 Å². The van der Waals surface area contributed by atoms with E-state index in [1.807, 2.05) is 0 Å². The Kier molecular flexibility index (Phi) is 3.44. The van der Waals surface area contributed by atoms with Gasteiger partial charge in [0.25, 0.3) is 0 Å². The molecule has 1 saturated heterocycles. The summed E-state index contributed by atoms with van der Waals surface area (Å²) in [5.74, 6) is 1.13. The molecule has 0 aliphatic carbocycles. The largest absolute Gasteiger partial charge is 0.229 e. The Balaban J connectivity index is 2.75. The quantitative estimate of drug-likeness (QED) is 0.736. The van der Waals surface area contributed by atoms with Crippen LogP contribution < -0.4 is 0 Å². The Morgan fingerprint density at radius 2 is 2.15 bits per heavy atom. The van der Waals surface area contributed by atoms with Gasteiger partial charge in [-0.2, -0.15) is 0 Å². The summed E-state index contributed by atoms with van der Waals surface area (Å²) in [5, 5.41) is 0.899. The molecule has 1 rings (SSSR count). The number of hydrogen-bond donors (Lipinski definition) is 0. The van der Waals surface area contributed by atoms with Crippen LogP contribution in [0.3, 0.4) is 0 Å². The van der Waals surface area contributed by atoms with Crippen LogP contribution in [0.4, 0.5) is 0 Å². The molecule has 0 aromatic carbocycles. The van der Waals surface area contributed by atoms with Gasteiger partial charge in [0.05, 0.1) is 11.5 Å². The van der Waals surface area contributed by atoms with Gasteiger partial charge in [0.1, 0.15) is 0 Å². The van der Waals surface area contributed by atoms with Crippen LogP contribution in [0.25, 0.3) is 0 Å². The van der Waals surface area contributed by atoms with Crippen LogP contribution in [0.15, 0.2) is 0 Å². The molecule has 0 saturated carbocycles. The van der Waals surface area contributed by atoms with Gasteiger partial charge in [-0.1, -0.05) is 29.8 Å². The first-order chi connectivity index (χ1) is 5.93. The Morgan fingerprint density at radius 1 is 1.54 bits per heavy atom. The molecule has 1 fully saturated rings. The summed E-state index contributed by atoms with van der Waals surface area (Å²) in [4.78, 5) is 0. The van der Waals surface area contributed by atoms with Crippen molar-refractivity contribution in [2.75, 3.05) is 16.8 Å².